The summed E-state index contributed by atoms with van der Waals surface area (Å²) in [5.74, 6) is -0.981. The summed E-state index contributed by atoms with van der Waals surface area (Å²) in [6.07, 6.45) is 2.74. The number of oxazole rings is 1. The Morgan fingerprint density at radius 2 is 2.08 bits per heavy atom. The summed E-state index contributed by atoms with van der Waals surface area (Å²) in [5.41, 5.74) is 1.83. The molecule has 1 heterocycles. The minimum absolute atomic E-state index is 0.0491. The van der Waals surface area contributed by atoms with E-state index in [1.165, 1.54) is 24.3 Å². The molecule has 2 N–H and O–H groups in total. The molecule has 0 unspecified atom stereocenters. The highest BCUT2D eigenvalue weighted by atomic mass is 16.6. The number of amides is 1. The SMILES string of the molecule is O=C(/C=C/c1cccc([N+](=O)[O-])c1)Nc1ccc2oc(=O)[nH]c2c1. The normalized spacial score (nSPS) is 11.0. The number of aromatic amines is 1. The number of non-ortho nitro benzene ring substituents is 1. The molecule has 0 saturated carbocycles. The van der Waals surface area contributed by atoms with Crippen molar-refractivity contribution in [3.8, 4) is 0 Å². The van der Waals surface area contributed by atoms with Gasteiger partial charge in [-0.15, -0.1) is 0 Å². The van der Waals surface area contributed by atoms with Crippen molar-refractivity contribution in [3.05, 3.63) is 74.8 Å². The van der Waals surface area contributed by atoms with Crippen molar-refractivity contribution in [2.24, 2.45) is 0 Å². The Morgan fingerprint density at radius 3 is 2.88 bits per heavy atom. The lowest BCUT2D eigenvalue weighted by Crippen LogP contribution is -2.07. The molecule has 1 aromatic heterocycles. The van der Waals surface area contributed by atoms with Gasteiger partial charge in [-0.3, -0.25) is 19.9 Å². The molecule has 8 nitrogen and oxygen atoms in total. The largest absolute Gasteiger partial charge is 0.417 e. The van der Waals surface area contributed by atoms with Gasteiger partial charge in [0.1, 0.15) is 0 Å². The van der Waals surface area contributed by atoms with E-state index in [9.17, 15) is 19.7 Å². The van der Waals surface area contributed by atoms with Crippen LogP contribution < -0.4 is 11.1 Å². The van der Waals surface area contributed by atoms with Crippen LogP contribution in [0, 0.1) is 10.1 Å². The Hall–Kier alpha value is -3.68. The van der Waals surface area contributed by atoms with Crippen molar-refractivity contribution < 1.29 is 14.1 Å². The maximum Gasteiger partial charge on any atom is 0.417 e. The van der Waals surface area contributed by atoms with Crippen LogP contribution in [0.5, 0.6) is 0 Å². The molecule has 1 amide bonds. The van der Waals surface area contributed by atoms with Gasteiger partial charge in [-0.25, -0.2) is 4.79 Å². The van der Waals surface area contributed by atoms with Crippen LogP contribution in [0.1, 0.15) is 5.56 Å². The van der Waals surface area contributed by atoms with Crippen molar-refractivity contribution in [3.63, 3.8) is 0 Å². The van der Waals surface area contributed by atoms with E-state index in [-0.39, 0.29) is 5.69 Å². The molecule has 0 saturated heterocycles. The number of nitro groups is 1. The smallest absolute Gasteiger partial charge is 0.408 e. The molecule has 0 bridgehead atoms. The highest BCUT2D eigenvalue weighted by Crippen LogP contribution is 2.17. The van der Waals surface area contributed by atoms with Gasteiger partial charge in [0.2, 0.25) is 5.91 Å². The molecule has 0 fully saturated rings. The summed E-state index contributed by atoms with van der Waals surface area (Å²) >= 11 is 0. The minimum Gasteiger partial charge on any atom is -0.408 e. The van der Waals surface area contributed by atoms with Gasteiger partial charge in [-0.1, -0.05) is 12.1 Å². The number of fused-ring (bicyclic) bond motifs is 1. The third-order valence-electron chi connectivity index (χ3n) is 3.19. The van der Waals surface area contributed by atoms with E-state index in [1.54, 1.807) is 30.3 Å². The van der Waals surface area contributed by atoms with Crippen LogP contribution in [0.25, 0.3) is 17.2 Å². The molecule has 8 heteroatoms. The number of hydrogen-bond donors (Lipinski definition) is 2. The number of nitrogens with zero attached hydrogens (tertiary/aromatic N) is 1. The summed E-state index contributed by atoms with van der Waals surface area (Å²) in [7, 11) is 0. The van der Waals surface area contributed by atoms with E-state index in [1.807, 2.05) is 0 Å². The Kier molecular flexibility index (Phi) is 3.94. The van der Waals surface area contributed by atoms with E-state index in [0.29, 0.717) is 22.4 Å². The lowest BCUT2D eigenvalue weighted by atomic mass is 10.2. The molecule has 120 valence electrons. The molecule has 0 spiro atoms. The van der Waals surface area contributed by atoms with Gasteiger partial charge in [-0.2, -0.15) is 0 Å². The van der Waals surface area contributed by atoms with Crippen LogP contribution in [0.4, 0.5) is 11.4 Å². The first-order valence-corrected chi connectivity index (χ1v) is 6.88. The Bertz CT molecular complexity index is 1020. The topological polar surface area (TPSA) is 118 Å². The summed E-state index contributed by atoms with van der Waals surface area (Å²) in [6, 6.07) is 10.7. The van der Waals surface area contributed by atoms with Crippen LogP contribution in [-0.4, -0.2) is 15.8 Å². The third-order valence-corrected chi connectivity index (χ3v) is 3.19. The molecular formula is C16H11N3O5. The lowest BCUT2D eigenvalue weighted by Gasteiger charge is -2.01. The average molecular weight is 325 g/mol. The highest BCUT2D eigenvalue weighted by molar-refractivity contribution is 6.02. The molecule has 24 heavy (non-hydrogen) atoms. The number of nitrogens with one attached hydrogen (secondary N) is 2. The van der Waals surface area contributed by atoms with Crippen molar-refractivity contribution >= 4 is 34.5 Å². The quantitative estimate of drug-likeness (QED) is 0.434. The molecule has 0 aliphatic rings. The monoisotopic (exact) mass is 325 g/mol. The van der Waals surface area contributed by atoms with Gasteiger partial charge < -0.3 is 9.73 Å². The second-order valence-corrected chi connectivity index (χ2v) is 4.90. The van der Waals surface area contributed by atoms with Gasteiger partial charge in [0.25, 0.3) is 5.69 Å². The first-order valence-electron chi connectivity index (χ1n) is 6.88. The predicted octanol–water partition coefficient (Wildman–Crippen LogP) is 2.68. The van der Waals surface area contributed by atoms with E-state index in [2.05, 4.69) is 10.3 Å². The third kappa shape index (κ3) is 3.38. The first kappa shape index (κ1) is 15.2. The van der Waals surface area contributed by atoms with Crippen molar-refractivity contribution in [2.45, 2.75) is 0 Å². The van der Waals surface area contributed by atoms with Gasteiger partial charge in [0.15, 0.2) is 5.58 Å². The van der Waals surface area contributed by atoms with E-state index >= 15 is 0 Å². The highest BCUT2D eigenvalue weighted by Gasteiger charge is 2.05. The maximum atomic E-state index is 11.9. The molecular weight excluding hydrogens is 314 g/mol. The zero-order valence-corrected chi connectivity index (χ0v) is 12.2. The average Bonchev–Trinajstić information content (AvgIpc) is 2.92. The first-order chi connectivity index (χ1) is 11.5. The summed E-state index contributed by atoms with van der Waals surface area (Å²) < 4.78 is 4.87. The molecule has 3 aromatic rings. The standard InChI is InChI=1S/C16H11N3O5/c20-15(7-4-10-2-1-3-12(8-10)19(22)23)17-11-5-6-14-13(9-11)18-16(21)24-14/h1-9H,(H,17,20)(H,18,21)/b7-4+. The second-order valence-electron chi connectivity index (χ2n) is 4.90. The van der Waals surface area contributed by atoms with Crippen molar-refractivity contribution in [2.75, 3.05) is 5.32 Å². The van der Waals surface area contributed by atoms with Crippen LogP contribution in [0.3, 0.4) is 0 Å². The molecule has 3 rings (SSSR count). The number of carbonyl (C=O) groups is 1. The number of hydrogen-bond acceptors (Lipinski definition) is 5. The van der Waals surface area contributed by atoms with E-state index in [0.717, 1.165) is 0 Å². The van der Waals surface area contributed by atoms with Crippen molar-refractivity contribution in [1.29, 1.82) is 0 Å². The summed E-state index contributed by atoms with van der Waals surface area (Å²) in [4.78, 5) is 35.7. The summed E-state index contributed by atoms with van der Waals surface area (Å²) in [6.45, 7) is 0. The van der Waals surface area contributed by atoms with E-state index in [4.69, 9.17) is 4.42 Å². The summed E-state index contributed by atoms with van der Waals surface area (Å²) in [5, 5.41) is 13.3. The van der Waals surface area contributed by atoms with Crippen LogP contribution in [0.15, 0.2) is 57.8 Å². The molecule has 0 aliphatic heterocycles. The zero-order valence-electron chi connectivity index (χ0n) is 12.2. The lowest BCUT2D eigenvalue weighted by molar-refractivity contribution is -0.384. The molecule has 0 atom stereocenters. The van der Waals surface area contributed by atoms with Crippen LogP contribution in [-0.2, 0) is 4.79 Å². The predicted molar refractivity (Wildman–Crippen MR) is 87.6 cm³/mol. The number of H-pyrrole nitrogens is 1. The van der Waals surface area contributed by atoms with Gasteiger partial charge in [0.05, 0.1) is 10.4 Å². The Labute approximate surface area is 134 Å². The molecule has 2 aromatic carbocycles. The number of nitro benzene ring substituents is 1. The van der Waals surface area contributed by atoms with Crippen molar-refractivity contribution in [1.82, 2.24) is 4.98 Å². The fourth-order valence-corrected chi connectivity index (χ4v) is 2.13. The number of carbonyl (C=O) groups excluding carboxylic acids is 1. The number of rotatable bonds is 4. The molecule has 0 aliphatic carbocycles. The fourth-order valence-electron chi connectivity index (χ4n) is 2.13. The minimum atomic E-state index is -0.570. The number of aromatic nitrogens is 1. The Balaban J connectivity index is 1.73. The second kappa shape index (κ2) is 6.21. The molecule has 0 radical (unpaired) electrons. The van der Waals surface area contributed by atoms with Gasteiger partial charge in [-0.05, 0) is 29.8 Å². The van der Waals surface area contributed by atoms with Gasteiger partial charge in [0, 0.05) is 23.9 Å². The van der Waals surface area contributed by atoms with Crippen LogP contribution in [0.2, 0.25) is 0 Å². The van der Waals surface area contributed by atoms with Gasteiger partial charge >= 0.3 is 5.76 Å². The maximum absolute atomic E-state index is 11.9. The number of anilines is 1. The zero-order chi connectivity index (χ0) is 17.1. The number of benzene rings is 2. The fraction of sp³-hybridized carbons (Fsp3) is 0. The van der Waals surface area contributed by atoms with Crippen LogP contribution >= 0.6 is 0 Å². The Morgan fingerprint density at radius 1 is 1.25 bits per heavy atom. The van der Waals surface area contributed by atoms with E-state index < -0.39 is 16.6 Å².